The SMILES string of the molecule is CCC(N)C(Sc1nc(C)cs1)c1cccc(F)c1. The van der Waals surface area contributed by atoms with Gasteiger partial charge in [0.1, 0.15) is 5.82 Å². The predicted octanol–water partition coefficient (Wildman–Crippen LogP) is 4.16. The van der Waals surface area contributed by atoms with E-state index < -0.39 is 0 Å². The molecule has 0 bridgehead atoms. The van der Waals surface area contributed by atoms with E-state index in [1.54, 1.807) is 35.2 Å². The van der Waals surface area contributed by atoms with Crippen molar-refractivity contribution in [1.82, 2.24) is 4.98 Å². The van der Waals surface area contributed by atoms with Crippen LogP contribution in [0.2, 0.25) is 0 Å². The second-order valence-electron chi connectivity index (χ2n) is 4.42. The van der Waals surface area contributed by atoms with Crippen LogP contribution in [0.15, 0.2) is 34.0 Å². The number of nitrogens with two attached hydrogens (primary N) is 1. The lowest BCUT2D eigenvalue weighted by molar-refractivity contribution is 0.610. The molecule has 0 saturated heterocycles. The first-order valence-electron chi connectivity index (χ1n) is 6.20. The number of rotatable bonds is 5. The second kappa shape index (κ2) is 6.50. The lowest BCUT2D eigenvalue weighted by Crippen LogP contribution is -2.25. The summed E-state index contributed by atoms with van der Waals surface area (Å²) in [4.78, 5) is 4.45. The number of thiazole rings is 1. The van der Waals surface area contributed by atoms with Crippen molar-refractivity contribution in [3.63, 3.8) is 0 Å². The molecule has 1 aromatic heterocycles. The molecular formula is C14H17FN2S2. The maximum Gasteiger partial charge on any atom is 0.150 e. The molecule has 2 N–H and O–H groups in total. The van der Waals surface area contributed by atoms with Gasteiger partial charge < -0.3 is 5.73 Å². The van der Waals surface area contributed by atoms with Gasteiger partial charge >= 0.3 is 0 Å². The molecule has 0 radical (unpaired) electrons. The summed E-state index contributed by atoms with van der Waals surface area (Å²) in [5, 5.41) is 2.05. The van der Waals surface area contributed by atoms with E-state index in [0.29, 0.717) is 0 Å². The van der Waals surface area contributed by atoms with Gasteiger partial charge in [-0.25, -0.2) is 9.37 Å². The standard InChI is InChI=1S/C14H17FN2S2/c1-3-12(16)13(10-5-4-6-11(15)7-10)19-14-17-9(2)8-18-14/h4-8,12-13H,3,16H2,1-2H3. The Bertz CT molecular complexity index is 542. The molecule has 1 aromatic carbocycles. The molecule has 2 nitrogen and oxygen atoms in total. The molecule has 2 atom stereocenters. The average Bonchev–Trinajstić information content (AvgIpc) is 2.80. The number of thioether (sulfide) groups is 1. The van der Waals surface area contributed by atoms with Gasteiger partial charge in [0.2, 0.25) is 0 Å². The van der Waals surface area contributed by atoms with Crippen LogP contribution in [0.25, 0.3) is 0 Å². The van der Waals surface area contributed by atoms with Gasteiger partial charge in [0.15, 0.2) is 4.34 Å². The quantitative estimate of drug-likeness (QED) is 0.842. The van der Waals surface area contributed by atoms with Gasteiger partial charge in [0, 0.05) is 17.1 Å². The highest BCUT2D eigenvalue weighted by atomic mass is 32.2. The monoisotopic (exact) mass is 296 g/mol. The number of hydrogen-bond acceptors (Lipinski definition) is 4. The van der Waals surface area contributed by atoms with E-state index in [1.807, 2.05) is 25.3 Å². The summed E-state index contributed by atoms with van der Waals surface area (Å²) >= 11 is 3.23. The molecule has 19 heavy (non-hydrogen) atoms. The number of hydrogen-bond donors (Lipinski definition) is 1. The van der Waals surface area contributed by atoms with Gasteiger partial charge in [-0.2, -0.15) is 0 Å². The Morgan fingerprint density at radius 3 is 2.84 bits per heavy atom. The number of nitrogens with zero attached hydrogens (tertiary/aromatic N) is 1. The minimum atomic E-state index is -0.221. The highest BCUT2D eigenvalue weighted by Crippen LogP contribution is 2.39. The minimum absolute atomic E-state index is 0.0176. The van der Waals surface area contributed by atoms with Gasteiger partial charge in [0.05, 0.1) is 5.25 Å². The number of aromatic nitrogens is 1. The molecule has 0 aliphatic rings. The second-order valence-corrected chi connectivity index (χ2v) is 6.67. The van der Waals surface area contributed by atoms with E-state index in [4.69, 9.17) is 5.73 Å². The molecule has 2 rings (SSSR count). The van der Waals surface area contributed by atoms with E-state index in [0.717, 1.165) is 22.0 Å². The summed E-state index contributed by atoms with van der Waals surface area (Å²) in [5.41, 5.74) is 8.12. The molecule has 1 heterocycles. The predicted molar refractivity (Wildman–Crippen MR) is 80.1 cm³/mol. The molecule has 5 heteroatoms. The Kier molecular flexibility index (Phi) is 4.96. The number of benzene rings is 1. The van der Waals surface area contributed by atoms with E-state index in [9.17, 15) is 4.39 Å². The van der Waals surface area contributed by atoms with E-state index >= 15 is 0 Å². The lowest BCUT2D eigenvalue weighted by atomic mass is 10.0. The van der Waals surface area contributed by atoms with Crippen LogP contribution < -0.4 is 5.73 Å². The summed E-state index contributed by atoms with van der Waals surface area (Å²) in [6, 6.07) is 6.66. The minimum Gasteiger partial charge on any atom is -0.326 e. The Balaban J connectivity index is 2.25. The molecule has 0 aliphatic heterocycles. The van der Waals surface area contributed by atoms with Crippen LogP contribution >= 0.6 is 23.1 Å². The molecule has 2 unspecified atom stereocenters. The molecule has 0 saturated carbocycles. The summed E-state index contributed by atoms with van der Waals surface area (Å²) in [6.07, 6.45) is 0.846. The van der Waals surface area contributed by atoms with E-state index in [1.165, 1.54) is 6.07 Å². The van der Waals surface area contributed by atoms with Gasteiger partial charge in [-0.1, -0.05) is 30.8 Å². The van der Waals surface area contributed by atoms with Crippen molar-refractivity contribution in [2.24, 2.45) is 5.73 Å². The summed E-state index contributed by atoms with van der Waals surface area (Å²) in [5.74, 6) is -0.221. The Labute approximate surface area is 121 Å². The number of aryl methyl sites for hydroxylation is 1. The smallest absolute Gasteiger partial charge is 0.150 e. The normalized spacial score (nSPS) is 14.3. The number of halogens is 1. The first kappa shape index (κ1) is 14.5. The third-order valence-electron chi connectivity index (χ3n) is 2.86. The Hall–Kier alpha value is -0.910. The highest BCUT2D eigenvalue weighted by molar-refractivity contribution is 8.01. The zero-order valence-electron chi connectivity index (χ0n) is 11.0. The third kappa shape index (κ3) is 3.78. The third-order valence-corrected chi connectivity index (χ3v) is 5.36. The average molecular weight is 296 g/mol. The van der Waals surface area contributed by atoms with Gasteiger partial charge in [-0.15, -0.1) is 11.3 Å². The summed E-state index contributed by atoms with van der Waals surface area (Å²) in [6.45, 7) is 4.02. The van der Waals surface area contributed by atoms with Gasteiger partial charge in [-0.3, -0.25) is 0 Å². The molecule has 0 fully saturated rings. The molecule has 0 spiro atoms. The maximum atomic E-state index is 13.4. The van der Waals surface area contributed by atoms with Crippen molar-refractivity contribution in [3.05, 3.63) is 46.7 Å². The Morgan fingerprint density at radius 1 is 1.47 bits per heavy atom. The van der Waals surface area contributed by atoms with Crippen molar-refractivity contribution in [2.45, 2.75) is 35.9 Å². The lowest BCUT2D eigenvalue weighted by Gasteiger charge is -2.21. The maximum absolute atomic E-state index is 13.4. The van der Waals surface area contributed by atoms with Crippen LogP contribution in [0.3, 0.4) is 0 Å². The van der Waals surface area contributed by atoms with E-state index in [2.05, 4.69) is 4.98 Å². The van der Waals surface area contributed by atoms with Crippen LogP contribution in [-0.2, 0) is 0 Å². The van der Waals surface area contributed by atoms with Crippen molar-refractivity contribution in [3.8, 4) is 0 Å². The largest absolute Gasteiger partial charge is 0.326 e. The zero-order chi connectivity index (χ0) is 13.8. The fourth-order valence-electron chi connectivity index (χ4n) is 1.80. The zero-order valence-corrected chi connectivity index (χ0v) is 12.6. The molecule has 2 aromatic rings. The molecule has 102 valence electrons. The summed E-state index contributed by atoms with van der Waals surface area (Å²) < 4.78 is 14.4. The molecule has 0 amide bonds. The van der Waals surface area contributed by atoms with Crippen LogP contribution in [0, 0.1) is 12.7 Å². The van der Waals surface area contributed by atoms with Gasteiger partial charge in [0.25, 0.3) is 0 Å². The Morgan fingerprint density at radius 2 is 2.26 bits per heavy atom. The van der Waals surface area contributed by atoms with E-state index in [-0.39, 0.29) is 17.1 Å². The summed E-state index contributed by atoms with van der Waals surface area (Å²) in [7, 11) is 0. The fourth-order valence-corrected chi connectivity index (χ4v) is 4.06. The van der Waals surface area contributed by atoms with Crippen LogP contribution in [0.5, 0.6) is 0 Å². The van der Waals surface area contributed by atoms with Crippen molar-refractivity contribution < 1.29 is 4.39 Å². The van der Waals surface area contributed by atoms with Crippen molar-refractivity contribution in [2.75, 3.05) is 0 Å². The van der Waals surface area contributed by atoms with Crippen LogP contribution in [0.1, 0.15) is 29.9 Å². The fraction of sp³-hybridized carbons (Fsp3) is 0.357. The highest BCUT2D eigenvalue weighted by Gasteiger charge is 2.21. The first-order chi connectivity index (χ1) is 9.10. The van der Waals surface area contributed by atoms with Crippen LogP contribution in [-0.4, -0.2) is 11.0 Å². The van der Waals surface area contributed by atoms with Crippen molar-refractivity contribution in [1.29, 1.82) is 0 Å². The first-order valence-corrected chi connectivity index (χ1v) is 7.96. The van der Waals surface area contributed by atoms with Gasteiger partial charge in [-0.05, 0) is 31.0 Å². The molecule has 0 aliphatic carbocycles. The molecular weight excluding hydrogens is 279 g/mol. The topological polar surface area (TPSA) is 38.9 Å². The van der Waals surface area contributed by atoms with Crippen LogP contribution in [0.4, 0.5) is 4.39 Å². The van der Waals surface area contributed by atoms with Crippen molar-refractivity contribution >= 4 is 23.1 Å².